The van der Waals surface area contributed by atoms with Gasteiger partial charge in [0, 0.05) is 6.42 Å². The number of unbranched alkanes of at least 4 members (excludes halogenated alkanes) is 37. The summed E-state index contributed by atoms with van der Waals surface area (Å²) >= 11 is 0. The van der Waals surface area contributed by atoms with Crippen molar-refractivity contribution in [3.05, 3.63) is 97.2 Å². The molecule has 1 heterocycles. The number of carbonyl (C=O) groups excluding carboxylic acids is 1. The van der Waals surface area contributed by atoms with Crippen molar-refractivity contribution in [1.82, 2.24) is 5.32 Å². The van der Waals surface area contributed by atoms with E-state index in [9.17, 15) is 30.3 Å². The average molecular weight is 1180 g/mol. The van der Waals surface area contributed by atoms with Gasteiger partial charge in [-0.2, -0.15) is 0 Å². The zero-order valence-corrected chi connectivity index (χ0v) is 54.4. The number of ether oxygens (including phenoxy) is 2. The monoisotopic (exact) mass is 1180 g/mol. The standard InChI is InChI=1S/C75H133NO8/c1-3-5-7-9-11-13-15-17-19-21-23-25-27-29-31-32-33-34-35-36-37-38-39-41-43-45-47-49-51-53-55-57-59-61-63-65-71(79)76-68(67-83-75-74(82)73(81)72(80)70(66-77)84-75)69(78)64-62-60-58-56-54-52-50-48-46-44-42-40-30-28-26-24-22-20-18-16-14-12-10-8-6-4-2/h5,7,11,13,17,19,23,25,29,31,33-34,36-37,62,64,68-70,72-75,77-78,80-82H,3-4,6,8-10,12,14-16,18,20-22,24,26-28,30,32,35,38-61,63,65-67H2,1-2H3,(H,76,79)/b7-5-,13-11-,19-17-,25-23-,31-29-,34-33-,37-36-,64-62+. The van der Waals surface area contributed by atoms with Crippen LogP contribution in [0.25, 0.3) is 0 Å². The number of hydrogen-bond acceptors (Lipinski definition) is 8. The zero-order valence-electron chi connectivity index (χ0n) is 54.4. The molecule has 6 N–H and O–H groups in total. The minimum absolute atomic E-state index is 0.178. The lowest BCUT2D eigenvalue weighted by Gasteiger charge is -2.40. The number of aliphatic hydroxyl groups is 5. The van der Waals surface area contributed by atoms with Crippen LogP contribution in [0.15, 0.2) is 97.2 Å². The maximum atomic E-state index is 13.1. The van der Waals surface area contributed by atoms with Crippen LogP contribution >= 0.6 is 0 Å². The van der Waals surface area contributed by atoms with Crippen LogP contribution in [0.1, 0.15) is 316 Å². The van der Waals surface area contributed by atoms with Crippen molar-refractivity contribution < 1.29 is 39.8 Å². The van der Waals surface area contributed by atoms with Gasteiger partial charge >= 0.3 is 0 Å². The van der Waals surface area contributed by atoms with Crippen molar-refractivity contribution in [2.75, 3.05) is 13.2 Å². The van der Waals surface area contributed by atoms with Crippen LogP contribution < -0.4 is 5.32 Å². The van der Waals surface area contributed by atoms with Gasteiger partial charge in [-0.25, -0.2) is 0 Å². The Morgan fingerprint density at radius 1 is 0.417 bits per heavy atom. The lowest BCUT2D eigenvalue weighted by Crippen LogP contribution is -2.60. The molecule has 0 radical (unpaired) electrons. The second-order valence-electron chi connectivity index (χ2n) is 24.3. The van der Waals surface area contributed by atoms with Gasteiger partial charge in [0.25, 0.3) is 0 Å². The molecular formula is C75H133NO8. The highest BCUT2D eigenvalue weighted by atomic mass is 16.7. The molecule has 1 aliphatic heterocycles. The highest BCUT2D eigenvalue weighted by Gasteiger charge is 2.44. The maximum absolute atomic E-state index is 13.1. The van der Waals surface area contributed by atoms with Gasteiger partial charge in [0.1, 0.15) is 24.4 Å². The third kappa shape index (κ3) is 51.2. The summed E-state index contributed by atoms with van der Waals surface area (Å²) in [7, 11) is 0. The van der Waals surface area contributed by atoms with E-state index in [1.165, 1.54) is 212 Å². The molecule has 1 rings (SSSR count). The van der Waals surface area contributed by atoms with E-state index in [-0.39, 0.29) is 12.5 Å². The summed E-state index contributed by atoms with van der Waals surface area (Å²) in [5.74, 6) is -0.178. The van der Waals surface area contributed by atoms with Crippen molar-refractivity contribution in [3.8, 4) is 0 Å². The largest absolute Gasteiger partial charge is 0.394 e. The molecule has 486 valence electrons. The topological polar surface area (TPSA) is 149 Å². The number of allylic oxidation sites excluding steroid dienone is 15. The summed E-state index contributed by atoms with van der Waals surface area (Å²) in [6.45, 7) is 3.70. The van der Waals surface area contributed by atoms with Crippen molar-refractivity contribution >= 4 is 5.91 Å². The van der Waals surface area contributed by atoms with E-state index in [2.05, 4.69) is 104 Å². The third-order valence-corrected chi connectivity index (χ3v) is 16.4. The first-order valence-corrected chi connectivity index (χ1v) is 35.5. The Morgan fingerprint density at radius 2 is 0.738 bits per heavy atom. The average Bonchev–Trinajstić information content (AvgIpc) is 3.70. The van der Waals surface area contributed by atoms with Crippen LogP contribution in [0.4, 0.5) is 0 Å². The van der Waals surface area contributed by atoms with Crippen LogP contribution in [-0.4, -0.2) is 87.5 Å². The highest BCUT2D eigenvalue weighted by molar-refractivity contribution is 5.76. The molecule has 7 unspecified atom stereocenters. The van der Waals surface area contributed by atoms with E-state index in [0.717, 1.165) is 83.5 Å². The molecule has 1 fully saturated rings. The molecule has 0 aromatic carbocycles. The molecule has 0 aromatic rings. The molecule has 0 bridgehead atoms. The van der Waals surface area contributed by atoms with Crippen LogP contribution in [0.5, 0.6) is 0 Å². The van der Waals surface area contributed by atoms with E-state index in [1.54, 1.807) is 6.08 Å². The molecule has 1 aliphatic rings. The number of hydrogen-bond donors (Lipinski definition) is 6. The first-order valence-electron chi connectivity index (χ1n) is 35.5. The van der Waals surface area contributed by atoms with Gasteiger partial charge in [0.15, 0.2) is 6.29 Å². The van der Waals surface area contributed by atoms with E-state index < -0.39 is 49.5 Å². The third-order valence-electron chi connectivity index (χ3n) is 16.4. The maximum Gasteiger partial charge on any atom is 0.220 e. The number of carbonyl (C=O) groups is 1. The second kappa shape index (κ2) is 63.1. The molecule has 1 saturated heterocycles. The highest BCUT2D eigenvalue weighted by Crippen LogP contribution is 2.23. The van der Waals surface area contributed by atoms with E-state index >= 15 is 0 Å². The fourth-order valence-electron chi connectivity index (χ4n) is 10.9. The lowest BCUT2D eigenvalue weighted by atomic mass is 9.99. The number of rotatable bonds is 61. The summed E-state index contributed by atoms with van der Waals surface area (Å²) in [5, 5.41) is 54.8. The SMILES string of the molecule is CC/C=C\C/C=C\C/C=C\C/C=C\C/C=C\C/C=C\C/C=C\CCCCCCCCCCCCCCCC(=O)NC(COC1OC(CO)C(O)C(O)C1O)C(O)/C=C/CCCCCCCCCCCCCCCCCCCCCCCCCC. The van der Waals surface area contributed by atoms with E-state index in [0.29, 0.717) is 6.42 Å². The minimum atomic E-state index is -1.57. The van der Waals surface area contributed by atoms with E-state index in [4.69, 9.17) is 9.47 Å². The van der Waals surface area contributed by atoms with Gasteiger partial charge in [0.2, 0.25) is 5.91 Å². The summed E-state index contributed by atoms with van der Waals surface area (Å²) in [5.41, 5.74) is 0. The van der Waals surface area contributed by atoms with Gasteiger partial charge in [-0.1, -0.05) is 329 Å². The lowest BCUT2D eigenvalue weighted by molar-refractivity contribution is -0.302. The molecule has 0 aliphatic carbocycles. The molecule has 9 heteroatoms. The summed E-state index contributed by atoms with van der Waals surface area (Å²) in [4.78, 5) is 13.1. The van der Waals surface area contributed by atoms with Crippen LogP contribution in [0.2, 0.25) is 0 Å². The molecule has 0 spiro atoms. The first kappa shape index (κ1) is 79.1. The Bertz CT molecular complexity index is 1650. The molecule has 7 atom stereocenters. The van der Waals surface area contributed by atoms with Gasteiger partial charge < -0.3 is 40.3 Å². The van der Waals surface area contributed by atoms with E-state index in [1.807, 2.05) is 6.08 Å². The molecule has 0 saturated carbocycles. The predicted molar refractivity (Wildman–Crippen MR) is 359 cm³/mol. The van der Waals surface area contributed by atoms with Crippen LogP contribution in [-0.2, 0) is 14.3 Å². The Morgan fingerprint density at radius 3 is 1.10 bits per heavy atom. The molecular weight excluding hydrogens is 1040 g/mol. The Kier molecular flexibility index (Phi) is 59.5. The van der Waals surface area contributed by atoms with Crippen molar-refractivity contribution in [2.45, 2.75) is 358 Å². The van der Waals surface area contributed by atoms with Crippen LogP contribution in [0, 0.1) is 0 Å². The molecule has 84 heavy (non-hydrogen) atoms. The van der Waals surface area contributed by atoms with Gasteiger partial charge in [-0.05, 0) is 77.0 Å². The fourth-order valence-corrected chi connectivity index (χ4v) is 10.9. The molecule has 1 amide bonds. The Hall–Kier alpha value is -2.89. The summed E-state index contributed by atoms with van der Waals surface area (Å²) in [6, 6.07) is -0.812. The van der Waals surface area contributed by atoms with Crippen molar-refractivity contribution in [3.63, 3.8) is 0 Å². The van der Waals surface area contributed by atoms with Gasteiger partial charge in [-0.3, -0.25) is 4.79 Å². The van der Waals surface area contributed by atoms with Gasteiger partial charge in [-0.15, -0.1) is 0 Å². The number of nitrogens with one attached hydrogen (secondary N) is 1. The Balaban J connectivity index is 2.14. The predicted octanol–water partition coefficient (Wildman–Crippen LogP) is 19.5. The summed E-state index contributed by atoms with van der Waals surface area (Å²) < 4.78 is 11.3. The molecule has 9 nitrogen and oxygen atoms in total. The zero-order chi connectivity index (χ0) is 60.7. The Labute approximate surface area is 517 Å². The van der Waals surface area contributed by atoms with Gasteiger partial charge in [0.05, 0.1) is 25.4 Å². The van der Waals surface area contributed by atoms with Crippen molar-refractivity contribution in [1.29, 1.82) is 0 Å². The first-order chi connectivity index (χ1) is 41.3. The fraction of sp³-hybridized carbons (Fsp3) is 0.773. The normalized spacial score (nSPS) is 18.8. The number of amides is 1. The second-order valence-corrected chi connectivity index (χ2v) is 24.3. The smallest absolute Gasteiger partial charge is 0.220 e. The molecule has 0 aromatic heterocycles. The van der Waals surface area contributed by atoms with Crippen LogP contribution in [0.3, 0.4) is 0 Å². The van der Waals surface area contributed by atoms with Crippen molar-refractivity contribution in [2.24, 2.45) is 0 Å². The quantitative estimate of drug-likeness (QED) is 0.0261. The number of aliphatic hydroxyl groups excluding tert-OH is 5. The minimum Gasteiger partial charge on any atom is -0.394 e. The summed E-state index contributed by atoms with van der Waals surface area (Å²) in [6.07, 6.45) is 85.0.